The zero-order valence-corrected chi connectivity index (χ0v) is 12.1. The number of rotatable bonds is 4. The van der Waals surface area contributed by atoms with Gasteiger partial charge in [0.05, 0.1) is 8.66 Å². The summed E-state index contributed by atoms with van der Waals surface area (Å²) >= 11 is 4.95. The lowest BCUT2D eigenvalue weighted by atomic mass is 10.1. The second-order valence-corrected chi connectivity index (χ2v) is 6.31. The van der Waals surface area contributed by atoms with Crippen molar-refractivity contribution in [2.24, 2.45) is 7.05 Å². The number of ketones is 1. The van der Waals surface area contributed by atoms with E-state index in [0.717, 1.165) is 26.3 Å². The molecule has 0 aliphatic rings. The van der Waals surface area contributed by atoms with Crippen LogP contribution in [0.1, 0.15) is 27.3 Å². The van der Waals surface area contributed by atoms with E-state index in [0.29, 0.717) is 6.42 Å². The molecule has 2 rings (SSSR count). The van der Waals surface area contributed by atoms with Gasteiger partial charge in [-0.15, -0.1) is 11.3 Å². The molecule has 0 amide bonds. The fourth-order valence-corrected chi connectivity index (χ4v) is 3.11. The van der Waals surface area contributed by atoms with Crippen LogP contribution in [0.25, 0.3) is 0 Å². The molecule has 0 aliphatic carbocycles. The molecule has 2 aromatic rings. The molecule has 0 saturated carbocycles. The van der Waals surface area contributed by atoms with Crippen LogP contribution < -0.4 is 0 Å². The van der Waals surface area contributed by atoms with E-state index in [2.05, 4.69) is 21.0 Å². The number of carbonyl (C=O) groups is 1. The van der Waals surface area contributed by atoms with Gasteiger partial charge in [0.15, 0.2) is 5.78 Å². The highest BCUT2D eigenvalue weighted by atomic mass is 79.9. The average molecular weight is 313 g/mol. The maximum absolute atomic E-state index is 12.0. The first-order valence-corrected chi connectivity index (χ1v) is 6.95. The first-order valence-electron chi connectivity index (χ1n) is 5.34. The first kappa shape index (κ1) is 12.5. The van der Waals surface area contributed by atoms with Gasteiger partial charge in [-0.25, -0.2) is 0 Å². The van der Waals surface area contributed by atoms with Crippen LogP contribution in [0, 0.1) is 6.92 Å². The maximum atomic E-state index is 12.0. The van der Waals surface area contributed by atoms with Crippen LogP contribution in [0.4, 0.5) is 0 Å². The van der Waals surface area contributed by atoms with Crippen LogP contribution in [0.2, 0.25) is 0 Å². The summed E-state index contributed by atoms with van der Waals surface area (Å²) in [6.45, 7) is 2.00. The molecule has 3 nitrogen and oxygen atoms in total. The van der Waals surface area contributed by atoms with Gasteiger partial charge in [0.1, 0.15) is 0 Å². The van der Waals surface area contributed by atoms with Gasteiger partial charge in [-0.2, -0.15) is 5.10 Å². The Morgan fingerprint density at radius 3 is 2.88 bits per heavy atom. The molecular formula is C12H13BrN2OS. The Morgan fingerprint density at radius 2 is 2.35 bits per heavy atom. The lowest BCUT2D eigenvalue weighted by molar-refractivity contribution is 0.0986. The van der Waals surface area contributed by atoms with E-state index in [1.54, 1.807) is 6.20 Å². The largest absolute Gasteiger partial charge is 0.293 e. The highest BCUT2D eigenvalue weighted by Gasteiger charge is 2.12. The summed E-state index contributed by atoms with van der Waals surface area (Å²) in [6.07, 6.45) is 3.03. The van der Waals surface area contributed by atoms with Crippen molar-refractivity contribution in [2.45, 2.75) is 19.8 Å². The number of aromatic nitrogens is 2. The molecule has 0 aliphatic heterocycles. The minimum atomic E-state index is 0.199. The van der Waals surface area contributed by atoms with Crippen LogP contribution in [0.3, 0.4) is 0 Å². The third-order valence-electron chi connectivity index (χ3n) is 2.66. The van der Waals surface area contributed by atoms with Crippen LogP contribution in [-0.4, -0.2) is 15.6 Å². The molecule has 0 radical (unpaired) electrons. The molecule has 2 heterocycles. The molecule has 2 aromatic heterocycles. The van der Waals surface area contributed by atoms with Crippen molar-refractivity contribution < 1.29 is 4.79 Å². The standard InChI is InChI=1S/C12H13BrN2OS/c1-8-7-11(17-12(8)13)10(16)4-3-9-5-6-14-15(9)2/h5-7H,3-4H2,1-2H3. The lowest BCUT2D eigenvalue weighted by Crippen LogP contribution is -2.03. The van der Waals surface area contributed by atoms with Crippen molar-refractivity contribution in [3.63, 3.8) is 0 Å². The Kier molecular flexibility index (Phi) is 3.79. The number of carbonyl (C=O) groups excluding carboxylic acids is 1. The van der Waals surface area contributed by atoms with Gasteiger partial charge >= 0.3 is 0 Å². The third-order valence-corrected chi connectivity index (χ3v) is 4.84. The van der Waals surface area contributed by atoms with Gasteiger partial charge in [-0.3, -0.25) is 9.48 Å². The second kappa shape index (κ2) is 5.14. The Morgan fingerprint density at radius 1 is 1.59 bits per heavy atom. The van der Waals surface area contributed by atoms with Gasteiger partial charge in [-0.1, -0.05) is 0 Å². The van der Waals surface area contributed by atoms with E-state index in [1.165, 1.54) is 11.3 Å². The van der Waals surface area contributed by atoms with Gasteiger partial charge in [0, 0.05) is 25.4 Å². The number of aryl methyl sites for hydroxylation is 3. The zero-order chi connectivity index (χ0) is 12.4. The van der Waals surface area contributed by atoms with Gasteiger partial charge in [-0.05, 0) is 47.0 Å². The SMILES string of the molecule is Cc1cc(C(=O)CCc2ccnn2C)sc1Br. The second-order valence-electron chi connectivity index (χ2n) is 3.94. The Bertz CT molecular complexity index is 525. The molecule has 5 heteroatoms. The van der Waals surface area contributed by atoms with Crippen molar-refractivity contribution in [3.05, 3.63) is 38.3 Å². The van der Waals surface area contributed by atoms with E-state index in [1.807, 2.05) is 30.8 Å². The molecular weight excluding hydrogens is 300 g/mol. The van der Waals surface area contributed by atoms with Crippen LogP contribution in [0.5, 0.6) is 0 Å². The highest BCUT2D eigenvalue weighted by Crippen LogP contribution is 2.28. The molecule has 17 heavy (non-hydrogen) atoms. The molecule has 0 bridgehead atoms. The number of hydrogen-bond donors (Lipinski definition) is 0. The number of hydrogen-bond acceptors (Lipinski definition) is 3. The molecule has 0 atom stereocenters. The Balaban J connectivity index is 2.00. The average Bonchev–Trinajstić information content (AvgIpc) is 2.83. The summed E-state index contributed by atoms with van der Waals surface area (Å²) in [7, 11) is 1.89. The molecule has 0 N–H and O–H groups in total. The van der Waals surface area contributed by atoms with Gasteiger partial charge in [0.25, 0.3) is 0 Å². The predicted molar refractivity (Wildman–Crippen MR) is 72.6 cm³/mol. The monoisotopic (exact) mass is 312 g/mol. The van der Waals surface area contributed by atoms with E-state index in [9.17, 15) is 4.79 Å². The molecule has 0 unspecified atom stereocenters. The van der Waals surface area contributed by atoms with E-state index in [4.69, 9.17) is 0 Å². The summed E-state index contributed by atoms with van der Waals surface area (Å²) in [4.78, 5) is 12.8. The number of thiophene rings is 1. The summed E-state index contributed by atoms with van der Waals surface area (Å²) in [5.41, 5.74) is 2.21. The highest BCUT2D eigenvalue weighted by molar-refractivity contribution is 9.11. The molecule has 0 saturated heterocycles. The maximum Gasteiger partial charge on any atom is 0.173 e. The Hall–Kier alpha value is -0.940. The quantitative estimate of drug-likeness (QED) is 0.811. The first-order chi connectivity index (χ1) is 8.08. The van der Waals surface area contributed by atoms with Crippen molar-refractivity contribution in [1.29, 1.82) is 0 Å². The van der Waals surface area contributed by atoms with E-state index < -0.39 is 0 Å². The molecule has 0 fully saturated rings. The van der Waals surface area contributed by atoms with Crippen LogP contribution >= 0.6 is 27.3 Å². The number of Topliss-reactive ketones (excluding diaryl/α,β-unsaturated/α-hetero) is 1. The fourth-order valence-electron chi connectivity index (χ4n) is 1.61. The van der Waals surface area contributed by atoms with E-state index >= 15 is 0 Å². The minimum absolute atomic E-state index is 0.199. The van der Waals surface area contributed by atoms with Crippen molar-refractivity contribution in [2.75, 3.05) is 0 Å². The summed E-state index contributed by atoms with van der Waals surface area (Å²) in [6, 6.07) is 3.89. The van der Waals surface area contributed by atoms with Gasteiger partial charge < -0.3 is 0 Å². The summed E-state index contributed by atoms with van der Waals surface area (Å²) in [5.74, 6) is 0.199. The third kappa shape index (κ3) is 2.84. The normalized spacial score (nSPS) is 10.8. The summed E-state index contributed by atoms with van der Waals surface area (Å²) < 4.78 is 2.85. The van der Waals surface area contributed by atoms with Crippen molar-refractivity contribution in [1.82, 2.24) is 9.78 Å². The zero-order valence-electron chi connectivity index (χ0n) is 9.74. The summed E-state index contributed by atoms with van der Waals surface area (Å²) in [5, 5.41) is 4.09. The predicted octanol–water partition coefficient (Wildman–Crippen LogP) is 3.37. The lowest BCUT2D eigenvalue weighted by Gasteiger charge is -2.00. The van der Waals surface area contributed by atoms with Crippen LogP contribution in [-0.2, 0) is 13.5 Å². The Labute approximate surface area is 113 Å². The topological polar surface area (TPSA) is 34.9 Å². The van der Waals surface area contributed by atoms with Crippen molar-refractivity contribution >= 4 is 33.0 Å². The minimum Gasteiger partial charge on any atom is -0.293 e. The molecule has 90 valence electrons. The van der Waals surface area contributed by atoms with Crippen LogP contribution in [0.15, 0.2) is 22.1 Å². The van der Waals surface area contributed by atoms with Gasteiger partial charge in [0.2, 0.25) is 0 Å². The molecule has 0 aromatic carbocycles. The smallest absolute Gasteiger partial charge is 0.173 e. The number of nitrogens with zero attached hydrogens (tertiary/aromatic N) is 2. The number of halogens is 1. The van der Waals surface area contributed by atoms with Crippen molar-refractivity contribution in [3.8, 4) is 0 Å². The fraction of sp³-hybridized carbons (Fsp3) is 0.333. The molecule has 0 spiro atoms. The van der Waals surface area contributed by atoms with E-state index in [-0.39, 0.29) is 5.78 Å².